The van der Waals surface area contributed by atoms with E-state index in [0.717, 1.165) is 49.6 Å². The highest BCUT2D eigenvalue weighted by atomic mass is 35.5. The molecule has 0 aromatic heterocycles. The van der Waals surface area contributed by atoms with E-state index in [1.54, 1.807) is 22.7 Å². The van der Waals surface area contributed by atoms with Gasteiger partial charge < -0.3 is 36.3 Å². The smallest absolute Gasteiger partial charge is 0.201 e. The molecule has 208 valence electrons. The van der Waals surface area contributed by atoms with Gasteiger partial charge in [-0.1, -0.05) is 0 Å². The summed E-state index contributed by atoms with van der Waals surface area (Å²) in [6, 6.07) is 20.7. The van der Waals surface area contributed by atoms with E-state index >= 15 is 0 Å². The fourth-order valence-corrected chi connectivity index (χ4v) is 6.30. The molecule has 10 heteroatoms. The Morgan fingerprint density at radius 3 is 1.75 bits per heavy atom. The van der Waals surface area contributed by atoms with Crippen molar-refractivity contribution in [3.05, 3.63) is 82.5 Å². The molecule has 2 aliphatic heterocycles. The van der Waals surface area contributed by atoms with Crippen LogP contribution in [0.5, 0.6) is 0 Å². The minimum absolute atomic E-state index is 0. The molecule has 0 saturated heterocycles. The largest absolute Gasteiger partial charge is 1.00 e. The predicted octanol–water partition coefficient (Wildman–Crippen LogP) is -1.34. The topological polar surface area (TPSA) is 83.8 Å². The third-order valence-electron chi connectivity index (χ3n) is 6.61. The van der Waals surface area contributed by atoms with Crippen molar-refractivity contribution in [1.82, 2.24) is 19.1 Å². The zero-order valence-corrected chi connectivity index (χ0v) is 26.4. The van der Waals surface area contributed by atoms with Crippen LogP contribution in [0.3, 0.4) is 0 Å². The van der Waals surface area contributed by atoms with Crippen LogP contribution in [0.1, 0.15) is 11.1 Å². The first kappa shape index (κ1) is 31.2. The number of anilines is 2. The molecule has 0 unspecified atom stereocenters. The fourth-order valence-electron chi connectivity index (χ4n) is 4.17. The van der Waals surface area contributed by atoms with Crippen molar-refractivity contribution < 1.29 is 24.8 Å². The van der Waals surface area contributed by atoms with Gasteiger partial charge in [0.25, 0.3) is 0 Å². The zero-order chi connectivity index (χ0) is 27.1. The number of nitrogen functional groups attached to an aromatic ring is 2. The van der Waals surface area contributed by atoms with E-state index in [2.05, 4.69) is 58.5 Å². The fraction of sp³-hybridized carbons (Fsp3) is 0.200. The molecular weight excluding hydrogens is 579 g/mol. The van der Waals surface area contributed by atoms with Gasteiger partial charge in [0.2, 0.25) is 10.7 Å². The summed E-state index contributed by atoms with van der Waals surface area (Å²) < 4.78 is 6.50. The highest BCUT2D eigenvalue weighted by Crippen LogP contribution is 2.33. The molecule has 0 saturated carbocycles. The number of nitrogens with zero attached hydrogens (tertiary/aromatic N) is 4. The summed E-state index contributed by atoms with van der Waals surface area (Å²) >= 11 is 3.49. The highest BCUT2D eigenvalue weighted by molar-refractivity contribution is 7.22. The predicted molar refractivity (Wildman–Crippen MR) is 165 cm³/mol. The lowest BCUT2D eigenvalue weighted by Crippen LogP contribution is -3.00. The first-order chi connectivity index (χ1) is 18.1. The Hall–Kier alpha value is -3.30. The average Bonchev–Trinajstić information content (AvgIpc) is 2.89. The number of benzene rings is 4. The van der Waals surface area contributed by atoms with Crippen molar-refractivity contribution in [2.75, 3.05) is 39.7 Å². The standard InChI is InChI=1S/2C15H15N3S.2ClH/c1-9-11(16)5-7-13-15(9)19-14-8-10(18(2)3)4-6-12(14)17-13;1-9-6-13-15(8-11(9)16)19-14-7-10(18(2)3)4-5-12(14)17-13;;/h2*4-8,16H,1-3H3;2*1H. The van der Waals surface area contributed by atoms with Gasteiger partial charge in [0.15, 0.2) is 0 Å². The Balaban J connectivity index is 0.000000210. The van der Waals surface area contributed by atoms with Crippen LogP contribution in [0, 0.1) is 13.8 Å². The van der Waals surface area contributed by atoms with Gasteiger partial charge in [0.1, 0.15) is 28.2 Å². The van der Waals surface area contributed by atoms with Crippen LogP contribution < -0.4 is 56.1 Å². The van der Waals surface area contributed by atoms with E-state index in [0.29, 0.717) is 0 Å². The number of hydrogen-bond donors (Lipinski definition) is 2. The maximum Gasteiger partial charge on any atom is 0.201 e. The molecule has 40 heavy (non-hydrogen) atoms. The number of aryl methyl sites for hydroxylation is 2. The second kappa shape index (κ2) is 12.5. The van der Waals surface area contributed by atoms with Gasteiger partial charge in [-0.25, -0.2) is 19.1 Å². The molecule has 6 rings (SSSR count). The maximum absolute atomic E-state index is 5.98. The molecule has 0 atom stereocenters. The molecule has 6 nitrogen and oxygen atoms in total. The Kier molecular flexibility index (Phi) is 9.74. The molecule has 4 aliphatic rings. The lowest BCUT2D eigenvalue weighted by Gasteiger charge is -2.08. The van der Waals surface area contributed by atoms with Crippen LogP contribution in [0.2, 0.25) is 0 Å². The van der Waals surface area contributed by atoms with Crippen molar-refractivity contribution in [1.29, 1.82) is 0 Å². The van der Waals surface area contributed by atoms with Gasteiger partial charge in [-0.15, -0.1) is 22.7 Å². The highest BCUT2D eigenvalue weighted by Gasteiger charge is 2.12. The quantitative estimate of drug-likeness (QED) is 0.127. The summed E-state index contributed by atoms with van der Waals surface area (Å²) in [4.78, 5) is 11.8. The number of aromatic nitrogens is 2. The van der Waals surface area contributed by atoms with Crippen molar-refractivity contribution in [2.45, 2.75) is 13.8 Å². The minimum Gasteiger partial charge on any atom is -1.00 e. The molecule has 0 radical (unpaired) electrons. The maximum atomic E-state index is 5.98. The van der Waals surface area contributed by atoms with Crippen molar-refractivity contribution in [2.24, 2.45) is 0 Å². The molecule has 0 fully saturated rings. The second-order valence-electron chi connectivity index (χ2n) is 9.83. The lowest BCUT2D eigenvalue weighted by molar-refractivity contribution is -0.00100. The van der Waals surface area contributed by atoms with Crippen molar-refractivity contribution in [3.63, 3.8) is 0 Å². The Bertz CT molecular complexity index is 1900. The molecule has 0 amide bonds. The molecule has 4 N–H and O–H groups in total. The van der Waals surface area contributed by atoms with Gasteiger partial charge in [0, 0.05) is 35.6 Å². The summed E-state index contributed by atoms with van der Waals surface area (Å²) in [5.74, 6) is 0. The van der Waals surface area contributed by atoms with Gasteiger partial charge in [-0.05, 0) is 61.4 Å². The summed E-state index contributed by atoms with van der Waals surface area (Å²) in [5.41, 5.74) is 19.9. The summed E-state index contributed by atoms with van der Waals surface area (Å²) in [6.45, 7) is 4.07. The van der Waals surface area contributed by atoms with Crippen LogP contribution in [-0.2, 0) is 0 Å². The Morgan fingerprint density at radius 1 is 0.625 bits per heavy atom. The van der Waals surface area contributed by atoms with Crippen LogP contribution in [0.15, 0.2) is 60.7 Å². The zero-order valence-electron chi connectivity index (χ0n) is 23.3. The summed E-state index contributed by atoms with van der Waals surface area (Å²) in [5, 5.41) is 2.37. The van der Waals surface area contributed by atoms with Gasteiger partial charge in [0.05, 0.1) is 41.6 Å². The molecule has 0 spiro atoms. The molecular formula is C30H32Cl2N6S2. The number of hydrogen-bond acceptors (Lipinski definition) is 6. The number of rotatable bonds is 0. The molecule has 2 aromatic carbocycles. The summed E-state index contributed by atoms with van der Waals surface area (Å²) in [6.07, 6.45) is 0. The van der Waals surface area contributed by atoms with Gasteiger partial charge in [-0.2, -0.15) is 0 Å². The first-order valence-electron chi connectivity index (χ1n) is 12.3. The van der Waals surface area contributed by atoms with Gasteiger partial charge in [-0.3, -0.25) is 0 Å². The normalized spacial score (nSPS) is 10.6. The lowest BCUT2D eigenvalue weighted by atomic mass is 10.2. The van der Waals surface area contributed by atoms with E-state index in [-0.39, 0.29) is 24.8 Å². The van der Waals surface area contributed by atoms with Crippen LogP contribution in [0.4, 0.5) is 11.4 Å². The molecule has 2 heterocycles. The van der Waals surface area contributed by atoms with E-state index < -0.39 is 0 Å². The number of nitrogens with two attached hydrogens (primary N) is 2. The van der Waals surface area contributed by atoms with Crippen LogP contribution >= 0.6 is 22.7 Å². The van der Waals surface area contributed by atoms with Crippen LogP contribution in [0.25, 0.3) is 41.6 Å². The average molecular weight is 612 g/mol. The summed E-state index contributed by atoms with van der Waals surface area (Å²) in [7, 11) is 8.18. The van der Waals surface area contributed by atoms with E-state index in [4.69, 9.17) is 21.4 Å². The molecule has 0 bridgehead atoms. The number of fused-ring (bicyclic) bond motifs is 4. The van der Waals surface area contributed by atoms with Crippen molar-refractivity contribution in [3.8, 4) is 21.1 Å². The third-order valence-corrected chi connectivity index (χ3v) is 8.97. The van der Waals surface area contributed by atoms with E-state index in [1.807, 2.05) is 53.3 Å². The monoisotopic (exact) mass is 610 g/mol. The van der Waals surface area contributed by atoms with Crippen LogP contribution in [-0.4, -0.2) is 38.2 Å². The second-order valence-corrected chi connectivity index (χ2v) is 12.0. The number of halogens is 2. The molecule has 2 aromatic rings. The van der Waals surface area contributed by atoms with E-state index in [1.165, 1.54) is 25.2 Å². The first-order valence-corrected chi connectivity index (χ1v) is 13.9. The third kappa shape index (κ3) is 6.20. The minimum atomic E-state index is 0. The van der Waals surface area contributed by atoms with E-state index in [9.17, 15) is 0 Å². The Morgan fingerprint density at radius 2 is 1.18 bits per heavy atom. The Labute approximate surface area is 254 Å². The SMILES string of the molecule is Cc1c(N)ccc2nc3ccc(=[N+](C)C)cc-3sc12.Cc1cc2nc3ccc(=[N+](C)C)cc-3sc2cc1N.[Cl-].[Cl-]. The van der Waals surface area contributed by atoms with Crippen molar-refractivity contribution >= 4 is 54.5 Å². The molecule has 2 aliphatic carbocycles. The van der Waals surface area contributed by atoms with Gasteiger partial charge >= 0.3 is 0 Å².